The van der Waals surface area contributed by atoms with Crippen LogP contribution in [0.4, 0.5) is 10.5 Å². The molecule has 0 fully saturated rings. The van der Waals surface area contributed by atoms with Gasteiger partial charge in [0.05, 0.1) is 24.9 Å². The molecule has 1 aliphatic carbocycles. The van der Waals surface area contributed by atoms with E-state index in [9.17, 15) is 4.79 Å². The van der Waals surface area contributed by atoms with E-state index in [2.05, 4.69) is 11.1 Å². The maximum atomic E-state index is 12.0. The van der Waals surface area contributed by atoms with Crippen molar-refractivity contribution >= 4 is 17.8 Å². The van der Waals surface area contributed by atoms with Crippen molar-refractivity contribution in [2.75, 3.05) is 25.2 Å². The smallest absolute Gasteiger partial charge is 0.413 e. The number of carbonyl (C=O) groups is 1. The number of carbonyl (C=O) groups excluding carboxylic acids is 1. The Bertz CT molecular complexity index is 644. The Hall–Kier alpha value is -2.24. The summed E-state index contributed by atoms with van der Waals surface area (Å²) in [7, 11) is 1.41. The third-order valence-electron chi connectivity index (χ3n) is 4.77. The zero-order valence-corrected chi connectivity index (χ0v) is 13.7. The minimum atomic E-state index is -0.325. The van der Waals surface area contributed by atoms with Gasteiger partial charge in [0.2, 0.25) is 0 Å². The van der Waals surface area contributed by atoms with Crippen LogP contribution in [0.15, 0.2) is 23.2 Å². The summed E-state index contributed by atoms with van der Waals surface area (Å²) in [6.45, 7) is 3.14. The van der Waals surface area contributed by atoms with Crippen molar-refractivity contribution in [1.29, 1.82) is 0 Å². The van der Waals surface area contributed by atoms with E-state index in [1.54, 1.807) is 4.90 Å². The third-order valence-corrected chi connectivity index (χ3v) is 4.77. The zero-order valence-electron chi connectivity index (χ0n) is 13.7. The number of amidine groups is 1. The second kappa shape index (κ2) is 6.10. The summed E-state index contributed by atoms with van der Waals surface area (Å²) < 4.78 is 10.2. The first-order chi connectivity index (χ1) is 11.1. The van der Waals surface area contributed by atoms with Crippen LogP contribution in [0.1, 0.15) is 30.9 Å². The fourth-order valence-corrected chi connectivity index (χ4v) is 3.61. The van der Waals surface area contributed by atoms with E-state index in [0.29, 0.717) is 19.2 Å². The molecule has 124 valence electrons. The predicted molar refractivity (Wildman–Crippen MR) is 88.8 cm³/mol. The van der Waals surface area contributed by atoms with Gasteiger partial charge in [0.25, 0.3) is 6.02 Å². The van der Waals surface area contributed by atoms with Gasteiger partial charge < -0.3 is 15.2 Å². The van der Waals surface area contributed by atoms with E-state index in [4.69, 9.17) is 15.2 Å². The highest BCUT2D eigenvalue weighted by Crippen LogP contribution is 2.39. The molecule has 3 rings (SSSR count). The number of amides is 1. The molecule has 1 spiro atoms. The quantitative estimate of drug-likeness (QED) is 0.907. The first-order valence-electron chi connectivity index (χ1n) is 8.03. The Morgan fingerprint density at radius 1 is 1.48 bits per heavy atom. The second-order valence-electron chi connectivity index (χ2n) is 6.08. The number of anilines is 1. The highest BCUT2D eigenvalue weighted by atomic mass is 16.5. The van der Waals surface area contributed by atoms with Crippen LogP contribution in [-0.4, -0.2) is 37.9 Å². The number of fused-ring (bicyclic) bond motifs is 1. The van der Waals surface area contributed by atoms with Gasteiger partial charge in [-0.1, -0.05) is 12.1 Å². The predicted octanol–water partition coefficient (Wildman–Crippen LogP) is 2.24. The number of benzene rings is 1. The highest BCUT2D eigenvalue weighted by molar-refractivity contribution is 5.89. The average molecular weight is 317 g/mol. The Morgan fingerprint density at radius 2 is 2.30 bits per heavy atom. The summed E-state index contributed by atoms with van der Waals surface area (Å²) in [6, 6.07) is 6.39. The van der Waals surface area contributed by atoms with Crippen LogP contribution in [0.2, 0.25) is 0 Å². The third kappa shape index (κ3) is 2.85. The SMILES string of the molecule is CCN(C(=O)OC)c1cccc2c1CCC1(CCOC(N)=N1)C2. The summed E-state index contributed by atoms with van der Waals surface area (Å²) in [5.74, 6) is 0. The summed E-state index contributed by atoms with van der Waals surface area (Å²) in [6.07, 6.45) is 3.18. The number of aliphatic imine (C=N–C) groups is 1. The first-order valence-corrected chi connectivity index (χ1v) is 8.03. The van der Waals surface area contributed by atoms with Crippen LogP contribution in [0.5, 0.6) is 0 Å². The molecule has 1 unspecified atom stereocenters. The van der Waals surface area contributed by atoms with Gasteiger partial charge in [0.1, 0.15) is 0 Å². The summed E-state index contributed by atoms with van der Waals surface area (Å²) in [5, 5.41) is 0. The lowest BCUT2D eigenvalue weighted by Gasteiger charge is -2.38. The molecule has 0 radical (unpaired) electrons. The molecule has 1 aromatic carbocycles. The number of hydrogen-bond donors (Lipinski definition) is 1. The number of hydrogen-bond acceptors (Lipinski definition) is 5. The fourth-order valence-electron chi connectivity index (χ4n) is 3.61. The van der Waals surface area contributed by atoms with Crippen molar-refractivity contribution in [3.05, 3.63) is 29.3 Å². The fraction of sp³-hybridized carbons (Fsp3) is 0.529. The molecule has 0 saturated heterocycles. The minimum Gasteiger partial charge on any atom is -0.465 e. The van der Waals surface area contributed by atoms with Gasteiger partial charge in [0, 0.05) is 13.0 Å². The molecule has 1 atom stereocenters. The molecule has 1 aromatic rings. The van der Waals surface area contributed by atoms with Crippen molar-refractivity contribution < 1.29 is 14.3 Å². The van der Waals surface area contributed by atoms with Crippen LogP contribution in [0, 0.1) is 0 Å². The summed E-state index contributed by atoms with van der Waals surface area (Å²) in [5.41, 5.74) is 9.00. The van der Waals surface area contributed by atoms with Gasteiger partial charge in [-0.15, -0.1) is 0 Å². The number of nitrogens with two attached hydrogens (primary N) is 1. The van der Waals surface area contributed by atoms with E-state index in [0.717, 1.165) is 31.4 Å². The van der Waals surface area contributed by atoms with Crippen molar-refractivity contribution in [1.82, 2.24) is 0 Å². The number of rotatable bonds is 2. The molecule has 1 amide bonds. The molecule has 0 bridgehead atoms. The Kier molecular flexibility index (Phi) is 4.15. The van der Waals surface area contributed by atoms with Crippen molar-refractivity contribution in [3.8, 4) is 0 Å². The molecule has 6 heteroatoms. The normalized spacial score (nSPS) is 22.8. The van der Waals surface area contributed by atoms with Gasteiger partial charge in [-0.2, -0.15) is 0 Å². The number of methoxy groups -OCH3 is 1. The molecule has 0 saturated carbocycles. The van der Waals surface area contributed by atoms with Gasteiger partial charge in [-0.3, -0.25) is 4.90 Å². The summed E-state index contributed by atoms with van der Waals surface area (Å²) in [4.78, 5) is 18.3. The van der Waals surface area contributed by atoms with E-state index in [-0.39, 0.29) is 11.6 Å². The molecule has 2 aliphatic rings. The van der Waals surface area contributed by atoms with Crippen molar-refractivity contribution in [2.24, 2.45) is 10.7 Å². The highest BCUT2D eigenvalue weighted by Gasteiger charge is 2.38. The molecule has 0 aromatic heterocycles. The molecule has 23 heavy (non-hydrogen) atoms. The number of nitrogens with zero attached hydrogens (tertiary/aromatic N) is 2. The second-order valence-corrected chi connectivity index (χ2v) is 6.08. The van der Waals surface area contributed by atoms with Gasteiger partial charge in [-0.25, -0.2) is 9.79 Å². The van der Waals surface area contributed by atoms with Gasteiger partial charge >= 0.3 is 6.09 Å². The van der Waals surface area contributed by atoms with E-state index in [1.807, 2.05) is 19.1 Å². The molecule has 6 nitrogen and oxygen atoms in total. The lowest BCUT2D eigenvalue weighted by atomic mass is 9.75. The Labute approximate surface area is 136 Å². The maximum absolute atomic E-state index is 12.0. The molecule has 1 aliphatic heterocycles. The van der Waals surface area contributed by atoms with Crippen LogP contribution >= 0.6 is 0 Å². The van der Waals surface area contributed by atoms with E-state index >= 15 is 0 Å². The first kappa shape index (κ1) is 15.6. The van der Waals surface area contributed by atoms with Gasteiger partial charge in [0.15, 0.2) is 0 Å². The maximum Gasteiger partial charge on any atom is 0.413 e. The van der Waals surface area contributed by atoms with Crippen LogP contribution in [-0.2, 0) is 22.3 Å². The minimum absolute atomic E-state index is 0.156. The van der Waals surface area contributed by atoms with Gasteiger partial charge in [-0.05, 0) is 43.4 Å². The molecule has 1 heterocycles. The van der Waals surface area contributed by atoms with Crippen LogP contribution in [0.25, 0.3) is 0 Å². The van der Waals surface area contributed by atoms with Crippen LogP contribution in [0.3, 0.4) is 0 Å². The van der Waals surface area contributed by atoms with Crippen molar-refractivity contribution in [2.45, 2.75) is 38.1 Å². The zero-order chi connectivity index (χ0) is 16.4. The lowest BCUT2D eigenvalue weighted by Crippen LogP contribution is -2.42. The number of ether oxygens (including phenoxy) is 2. The largest absolute Gasteiger partial charge is 0.465 e. The molecular formula is C17H23N3O3. The standard InChI is InChI=1S/C17H23N3O3/c1-3-20(16(21)22-2)14-6-4-5-12-11-17(8-7-13(12)14)9-10-23-15(18)19-17/h4-6H,3,7-11H2,1-2H3,(H2,18,19). The molecular weight excluding hydrogens is 294 g/mol. The van der Waals surface area contributed by atoms with E-state index in [1.165, 1.54) is 18.2 Å². The molecule has 2 N–H and O–H groups in total. The van der Waals surface area contributed by atoms with Crippen molar-refractivity contribution in [3.63, 3.8) is 0 Å². The lowest BCUT2D eigenvalue weighted by molar-refractivity contribution is 0.179. The average Bonchev–Trinajstić information content (AvgIpc) is 2.55. The van der Waals surface area contributed by atoms with E-state index < -0.39 is 0 Å². The Balaban J connectivity index is 1.95. The monoisotopic (exact) mass is 317 g/mol. The van der Waals surface area contributed by atoms with Crippen LogP contribution < -0.4 is 10.6 Å². The Morgan fingerprint density at radius 3 is 3.00 bits per heavy atom. The topological polar surface area (TPSA) is 77.2 Å². The summed E-state index contributed by atoms with van der Waals surface area (Å²) >= 11 is 0.